The molecule has 2 fully saturated rings. The predicted octanol–water partition coefficient (Wildman–Crippen LogP) is 1.17. The van der Waals surface area contributed by atoms with Gasteiger partial charge in [0.05, 0.1) is 12.2 Å². The maximum Gasteiger partial charge on any atom is 0.128 e. The highest BCUT2D eigenvalue weighted by Crippen LogP contribution is 2.28. The van der Waals surface area contributed by atoms with E-state index in [2.05, 4.69) is 27.3 Å². The van der Waals surface area contributed by atoms with Crippen LogP contribution in [0.3, 0.4) is 0 Å². The third-order valence-corrected chi connectivity index (χ3v) is 3.56. The van der Waals surface area contributed by atoms with Crippen molar-refractivity contribution < 1.29 is 4.74 Å². The third-order valence-electron chi connectivity index (χ3n) is 3.56. The summed E-state index contributed by atoms with van der Waals surface area (Å²) >= 11 is 0. The average molecular weight is 233 g/mol. The molecular weight excluding hydrogens is 214 g/mol. The molecule has 0 aliphatic carbocycles. The first-order valence-electron chi connectivity index (χ1n) is 6.35. The zero-order valence-corrected chi connectivity index (χ0v) is 10.2. The molecule has 1 N–H and O–H groups in total. The SMILES string of the molecule is CNCc1ccnc(N2CC3CCC(C2)O3)c1. The van der Waals surface area contributed by atoms with Gasteiger partial charge in [-0.15, -0.1) is 0 Å². The van der Waals surface area contributed by atoms with Gasteiger partial charge in [-0.1, -0.05) is 0 Å². The Morgan fingerprint density at radius 1 is 1.41 bits per heavy atom. The maximum atomic E-state index is 5.84. The summed E-state index contributed by atoms with van der Waals surface area (Å²) in [4.78, 5) is 6.85. The first-order chi connectivity index (χ1) is 8.35. The van der Waals surface area contributed by atoms with Crippen molar-refractivity contribution in [2.24, 2.45) is 0 Å². The zero-order chi connectivity index (χ0) is 11.7. The highest BCUT2D eigenvalue weighted by Gasteiger charge is 2.34. The molecule has 2 aliphatic heterocycles. The highest BCUT2D eigenvalue weighted by molar-refractivity contribution is 5.42. The van der Waals surface area contributed by atoms with Crippen molar-refractivity contribution in [3.63, 3.8) is 0 Å². The highest BCUT2D eigenvalue weighted by atomic mass is 16.5. The van der Waals surface area contributed by atoms with Crippen LogP contribution in [-0.4, -0.2) is 37.3 Å². The van der Waals surface area contributed by atoms with Crippen LogP contribution in [0, 0.1) is 0 Å². The van der Waals surface area contributed by atoms with Gasteiger partial charge in [-0.3, -0.25) is 0 Å². The van der Waals surface area contributed by atoms with Crippen LogP contribution in [0.5, 0.6) is 0 Å². The maximum absolute atomic E-state index is 5.84. The van der Waals surface area contributed by atoms with Gasteiger partial charge in [0.25, 0.3) is 0 Å². The van der Waals surface area contributed by atoms with Gasteiger partial charge in [-0.05, 0) is 37.6 Å². The standard InChI is InChI=1S/C13H19N3O/c1-14-7-10-4-5-15-13(6-10)16-8-11-2-3-12(9-16)17-11/h4-6,11-12,14H,2-3,7-9H2,1H3. The van der Waals surface area contributed by atoms with E-state index < -0.39 is 0 Å². The van der Waals surface area contributed by atoms with Crippen LogP contribution in [0.2, 0.25) is 0 Å². The van der Waals surface area contributed by atoms with E-state index in [-0.39, 0.29) is 0 Å². The van der Waals surface area contributed by atoms with Gasteiger partial charge in [0.15, 0.2) is 0 Å². The number of fused-ring (bicyclic) bond motifs is 2. The van der Waals surface area contributed by atoms with Gasteiger partial charge in [0.1, 0.15) is 5.82 Å². The van der Waals surface area contributed by atoms with Crippen LogP contribution in [0.4, 0.5) is 5.82 Å². The van der Waals surface area contributed by atoms with E-state index in [4.69, 9.17) is 4.74 Å². The molecule has 2 atom stereocenters. The van der Waals surface area contributed by atoms with Crippen LogP contribution in [0.1, 0.15) is 18.4 Å². The molecule has 92 valence electrons. The van der Waals surface area contributed by atoms with Crippen molar-refractivity contribution in [1.29, 1.82) is 0 Å². The first kappa shape index (κ1) is 11.0. The Hall–Kier alpha value is -1.13. The summed E-state index contributed by atoms with van der Waals surface area (Å²) in [5, 5.41) is 3.17. The lowest BCUT2D eigenvalue weighted by atomic mass is 10.2. The number of morpholine rings is 1. The Morgan fingerprint density at radius 2 is 2.18 bits per heavy atom. The minimum atomic E-state index is 0.420. The molecule has 2 bridgehead atoms. The van der Waals surface area contributed by atoms with Gasteiger partial charge < -0.3 is 15.0 Å². The van der Waals surface area contributed by atoms with Crippen LogP contribution < -0.4 is 10.2 Å². The van der Waals surface area contributed by atoms with Crippen molar-refractivity contribution in [2.75, 3.05) is 25.0 Å². The van der Waals surface area contributed by atoms with E-state index in [0.29, 0.717) is 12.2 Å². The lowest BCUT2D eigenvalue weighted by Crippen LogP contribution is -2.43. The molecule has 3 rings (SSSR count). The molecule has 4 nitrogen and oxygen atoms in total. The molecule has 1 aromatic heterocycles. The molecule has 0 aromatic carbocycles. The molecule has 0 amide bonds. The summed E-state index contributed by atoms with van der Waals surface area (Å²) in [5.41, 5.74) is 1.29. The van der Waals surface area contributed by atoms with Gasteiger partial charge in [0.2, 0.25) is 0 Å². The monoisotopic (exact) mass is 233 g/mol. The quantitative estimate of drug-likeness (QED) is 0.850. The van der Waals surface area contributed by atoms with Crippen LogP contribution >= 0.6 is 0 Å². The van der Waals surface area contributed by atoms with Gasteiger partial charge >= 0.3 is 0 Å². The predicted molar refractivity (Wildman–Crippen MR) is 67.1 cm³/mol. The first-order valence-corrected chi connectivity index (χ1v) is 6.35. The second kappa shape index (κ2) is 4.63. The fraction of sp³-hybridized carbons (Fsp3) is 0.615. The lowest BCUT2D eigenvalue weighted by Gasteiger charge is -2.33. The third kappa shape index (κ3) is 2.28. The summed E-state index contributed by atoms with van der Waals surface area (Å²) in [5.74, 6) is 1.10. The summed E-state index contributed by atoms with van der Waals surface area (Å²) in [6.07, 6.45) is 5.15. The van der Waals surface area contributed by atoms with Crippen LogP contribution in [0.15, 0.2) is 18.3 Å². The minimum Gasteiger partial charge on any atom is -0.371 e. The normalized spacial score (nSPS) is 27.5. The summed E-state index contributed by atoms with van der Waals surface area (Å²) in [7, 11) is 1.97. The molecule has 2 saturated heterocycles. The van der Waals surface area contributed by atoms with Crippen molar-refractivity contribution in [3.05, 3.63) is 23.9 Å². The Kier molecular flexibility index (Phi) is 2.99. The molecule has 0 radical (unpaired) electrons. The van der Waals surface area contributed by atoms with Gasteiger partial charge in [0, 0.05) is 25.8 Å². The van der Waals surface area contributed by atoms with E-state index in [1.807, 2.05) is 13.2 Å². The molecule has 3 heterocycles. The van der Waals surface area contributed by atoms with E-state index in [0.717, 1.165) is 25.5 Å². The molecule has 0 spiro atoms. The Balaban J connectivity index is 1.77. The number of rotatable bonds is 3. The van der Waals surface area contributed by atoms with Crippen molar-refractivity contribution in [1.82, 2.24) is 10.3 Å². The largest absolute Gasteiger partial charge is 0.371 e. The second-order valence-electron chi connectivity index (χ2n) is 4.92. The number of anilines is 1. The number of nitrogens with one attached hydrogen (secondary N) is 1. The van der Waals surface area contributed by atoms with Crippen molar-refractivity contribution >= 4 is 5.82 Å². The van der Waals surface area contributed by atoms with E-state index >= 15 is 0 Å². The average Bonchev–Trinajstić information content (AvgIpc) is 2.69. The molecule has 2 aliphatic rings. The molecule has 0 saturated carbocycles. The van der Waals surface area contributed by atoms with Gasteiger partial charge in [-0.25, -0.2) is 4.98 Å². The summed E-state index contributed by atoms with van der Waals surface area (Å²) in [6, 6.07) is 4.25. The van der Waals surface area contributed by atoms with Crippen LogP contribution in [-0.2, 0) is 11.3 Å². The molecule has 1 aromatic rings. The summed E-state index contributed by atoms with van der Waals surface area (Å²) < 4.78 is 5.84. The molecule has 2 unspecified atom stereocenters. The molecule has 17 heavy (non-hydrogen) atoms. The molecule has 4 heteroatoms. The number of pyridine rings is 1. The van der Waals surface area contributed by atoms with E-state index in [1.165, 1.54) is 18.4 Å². The number of hydrogen-bond donors (Lipinski definition) is 1. The molecular formula is C13H19N3O. The Labute approximate surface area is 102 Å². The number of nitrogens with zero attached hydrogens (tertiary/aromatic N) is 2. The topological polar surface area (TPSA) is 37.4 Å². The smallest absolute Gasteiger partial charge is 0.128 e. The minimum absolute atomic E-state index is 0.420. The van der Waals surface area contributed by atoms with Crippen molar-refractivity contribution in [3.8, 4) is 0 Å². The number of aromatic nitrogens is 1. The second-order valence-corrected chi connectivity index (χ2v) is 4.92. The van der Waals surface area contributed by atoms with Crippen LogP contribution in [0.25, 0.3) is 0 Å². The number of ether oxygens (including phenoxy) is 1. The fourth-order valence-electron chi connectivity index (χ4n) is 2.75. The van der Waals surface area contributed by atoms with Gasteiger partial charge in [-0.2, -0.15) is 0 Å². The zero-order valence-electron chi connectivity index (χ0n) is 10.2. The number of hydrogen-bond acceptors (Lipinski definition) is 4. The Morgan fingerprint density at radius 3 is 2.88 bits per heavy atom. The fourth-order valence-corrected chi connectivity index (χ4v) is 2.75. The lowest BCUT2D eigenvalue weighted by molar-refractivity contribution is 0.0302. The van der Waals surface area contributed by atoms with E-state index in [9.17, 15) is 0 Å². The van der Waals surface area contributed by atoms with E-state index in [1.54, 1.807) is 0 Å². The van der Waals surface area contributed by atoms with Crippen molar-refractivity contribution in [2.45, 2.75) is 31.6 Å². The Bertz CT molecular complexity index is 384. The summed E-state index contributed by atoms with van der Waals surface area (Å²) in [6.45, 7) is 2.88.